The summed E-state index contributed by atoms with van der Waals surface area (Å²) in [6.45, 7) is 4.48. The van der Waals surface area contributed by atoms with Gasteiger partial charge in [-0.3, -0.25) is 4.79 Å². The van der Waals surface area contributed by atoms with E-state index in [1.807, 2.05) is 0 Å². The summed E-state index contributed by atoms with van der Waals surface area (Å²) in [5.74, 6) is -0.115. The minimum atomic E-state index is -0.115. The van der Waals surface area contributed by atoms with Gasteiger partial charge < -0.3 is 21.1 Å². The predicted molar refractivity (Wildman–Crippen MR) is 83.1 cm³/mol. The van der Waals surface area contributed by atoms with Gasteiger partial charge in [-0.05, 0) is 31.0 Å². The number of rotatable bonds is 9. The van der Waals surface area contributed by atoms with E-state index in [1.54, 1.807) is 25.2 Å². The number of nitrogens with one attached hydrogen (secondary N) is 2. The number of unbranched alkanes of at least 4 members (excludes halogenated alkanes) is 1. The van der Waals surface area contributed by atoms with Crippen LogP contribution in [0.3, 0.4) is 0 Å². The highest BCUT2D eigenvalue weighted by atomic mass is 16.5. The highest BCUT2D eigenvalue weighted by Gasteiger charge is 2.06. The van der Waals surface area contributed by atoms with E-state index in [2.05, 4.69) is 17.6 Å². The molecule has 1 amide bonds. The average molecular weight is 279 g/mol. The first-order valence-electron chi connectivity index (χ1n) is 7.12. The zero-order valence-electron chi connectivity index (χ0n) is 12.4. The number of ether oxygens (including phenoxy) is 1. The number of amides is 1. The van der Waals surface area contributed by atoms with Gasteiger partial charge in [-0.25, -0.2) is 0 Å². The van der Waals surface area contributed by atoms with E-state index in [0.717, 1.165) is 44.7 Å². The van der Waals surface area contributed by atoms with Crippen molar-refractivity contribution >= 4 is 17.3 Å². The lowest BCUT2D eigenvalue weighted by molar-refractivity contribution is 0.0963. The SMILES string of the molecule is CCCCOCCCNc1cc(C(=O)NC)ccc1N. The largest absolute Gasteiger partial charge is 0.397 e. The number of hydrogen-bond donors (Lipinski definition) is 3. The minimum Gasteiger partial charge on any atom is -0.397 e. The fourth-order valence-electron chi connectivity index (χ4n) is 1.74. The molecule has 0 unspecified atom stereocenters. The normalized spacial score (nSPS) is 10.3. The second-order valence-electron chi connectivity index (χ2n) is 4.63. The van der Waals surface area contributed by atoms with Gasteiger partial charge in [0, 0.05) is 32.4 Å². The van der Waals surface area contributed by atoms with Gasteiger partial charge in [0.15, 0.2) is 0 Å². The van der Waals surface area contributed by atoms with Crippen molar-refractivity contribution in [2.45, 2.75) is 26.2 Å². The zero-order chi connectivity index (χ0) is 14.8. The van der Waals surface area contributed by atoms with Crippen molar-refractivity contribution in [1.82, 2.24) is 5.32 Å². The third kappa shape index (κ3) is 5.48. The van der Waals surface area contributed by atoms with Crippen molar-refractivity contribution in [3.63, 3.8) is 0 Å². The molecule has 5 nitrogen and oxygen atoms in total. The maximum atomic E-state index is 11.6. The van der Waals surface area contributed by atoms with Gasteiger partial charge in [0.05, 0.1) is 11.4 Å². The first-order valence-corrected chi connectivity index (χ1v) is 7.12. The maximum absolute atomic E-state index is 11.6. The van der Waals surface area contributed by atoms with Crippen molar-refractivity contribution in [3.05, 3.63) is 23.8 Å². The lowest BCUT2D eigenvalue weighted by Crippen LogP contribution is -2.18. The molecule has 112 valence electrons. The number of carbonyl (C=O) groups excluding carboxylic acids is 1. The number of nitrogens with two attached hydrogens (primary N) is 1. The Balaban J connectivity index is 2.37. The molecule has 0 saturated carbocycles. The zero-order valence-corrected chi connectivity index (χ0v) is 12.4. The molecule has 0 aliphatic rings. The highest BCUT2D eigenvalue weighted by Crippen LogP contribution is 2.19. The van der Waals surface area contributed by atoms with E-state index in [9.17, 15) is 4.79 Å². The molecule has 0 atom stereocenters. The average Bonchev–Trinajstić information content (AvgIpc) is 2.47. The number of benzene rings is 1. The van der Waals surface area contributed by atoms with Crippen molar-refractivity contribution in [2.24, 2.45) is 0 Å². The van der Waals surface area contributed by atoms with Crippen LogP contribution in [0.15, 0.2) is 18.2 Å². The van der Waals surface area contributed by atoms with Crippen molar-refractivity contribution in [1.29, 1.82) is 0 Å². The Morgan fingerprint density at radius 3 is 2.75 bits per heavy atom. The maximum Gasteiger partial charge on any atom is 0.251 e. The fraction of sp³-hybridized carbons (Fsp3) is 0.533. The molecule has 0 saturated heterocycles. The molecule has 0 aliphatic heterocycles. The number of nitrogen functional groups attached to an aromatic ring is 1. The second-order valence-corrected chi connectivity index (χ2v) is 4.63. The first-order chi connectivity index (χ1) is 9.69. The number of anilines is 2. The lowest BCUT2D eigenvalue weighted by Gasteiger charge is -2.11. The first kappa shape index (κ1) is 16.3. The van der Waals surface area contributed by atoms with Gasteiger partial charge in [-0.15, -0.1) is 0 Å². The van der Waals surface area contributed by atoms with E-state index in [4.69, 9.17) is 10.5 Å². The molecular weight excluding hydrogens is 254 g/mol. The van der Waals surface area contributed by atoms with E-state index < -0.39 is 0 Å². The molecule has 0 aliphatic carbocycles. The molecular formula is C15H25N3O2. The molecule has 0 spiro atoms. The monoisotopic (exact) mass is 279 g/mol. The Morgan fingerprint density at radius 1 is 1.30 bits per heavy atom. The minimum absolute atomic E-state index is 0.115. The van der Waals surface area contributed by atoms with Crippen LogP contribution < -0.4 is 16.4 Å². The molecule has 4 N–H and O–H groups in total. The van der Waals surface area contributed by atoms with Crippen LogP contribution in [0.25, 0.3) is 0 Å². The fourth-order valence-corrected chi connectivity index (χ4v) is 1.74. The lowest BCUT2D eigenvalue weighted by atomic mass is 10.1. The van der Waals surface area contributed by atoms with Crippen molar-refractivity contribution < 1.29 is 9.53 Å². The van der Waals surface area contributed by atoms with Gasteiger partial charge in [0.2, 0.25) is 0 Å². The molecule has 1 aromatic rings. The van der Waals surface area contributed by atoms with Gasteiger partial charge in [-0.1, -0.05) is 13.3 Å². The summed E-state index contributed by atoms with van der Waals surface area (Å²) in [7, 11) is 1.61. The van der Waals surface area contributed by atoms with Crippen LogP contribution in [0, 0.1) is 0 Å². The molecule has 0 aromatic heterocycles. The van der Waals surface area contributed by atoms with Crippen molar-refractivity contribution in [3.8, 4) is 0 Å². The van der Waals surface area contributed by atoms with Crippen LogP contribution in [0.5, 0.6) is 0 Å². The Kier molecular flexibility index (Phi) is 7.50. The molecule has 5 heteroatoms. The molecule has 0 bridgehead atoms. The molecule has 0 heterocycles. The summed E-state index contributed by atoms with van der Waals surface area (Å²) in [6, 6.07) is 5.23. The standard InChI is InChI=1S/C15H25N3O2/c1-3-4-9-20-10-5-8-18-14-11-12(15(19)17-2)6-7-13(14)16/h6-7,11,18H,3-5,8-10,16H2,1-2H3,(H,17,19). The van der Waals surface area contributed by atoms with E-state index >= 15 is 0 Å². The summed E-state index contributed by atoms with van der Waals surface area (Å²) < 4.78 is 5.49. The van der Waals surface area contributed by atoms with Crippen LogP contribution in [0.2, 0.25) is 0 Å². The third-order valence-electron chi connectivity index (χ3n) is 2.97. The van der Waals surface area contributed by atoms with Crippen LogP contribution in [-0.4, -0.2) is 32.7 Å². The van der Waals surface area contributed by atoms with Gasteiger partial charge in [0.25, 0.3) is 5.91 Å². The summed E-state index contributed by atoms with van der Waals surface area (Å²) in [5.41, 5.74) is 7.92. The molecule has 20 heavy (non-hydrogen) atoms. The van der Waals surface area contributed by atoms with E-state index in [-0.39, 0.29) is 5.91 Å². The number of carbonyl (C=O) groups is 1. The highest BCUT2D eigenvalue weighted by molar-refractivity contribution is 5.96. The molecule has 1 aromatic carbocycles. The van der Waals surface area contributed by atoms with Crippen LogP contribution in [0.4, 0.5) is 11.4 Å². The van der Waals surface area contributed by atoms with E-state index in [1.165, 1.54) is 0 Å². The van der Waals surface area contributed by atoms with Gasteiger partial charge in [0.1, 0.15) is 0 Å². The molecule has 0 radical (unpaired) electrons. The predicted octanol–water partition coefficient (Wildman–Crippen LogP) is 2.25. The summed E-state index contributed by atoms with van der Waals surface area (Å²) in [6.07, 6.45) is 3.17. The summed E-state index contributed by atoms with van der Waals surface area (Å²) in [5, 5.41) is 5.83. The Hall–Kier alpha value is -1.75. The topological polar surface area (TPSA) is 76.4 Å². The Labute approximate surface area is 120 Å². The van der Waals surface area contributed by atoms with Crippen LogP contribution in [0.1, 0.15) is 36.5 Å². The Bertz CT molecular complexity index is 422. The second kappa shape index (κ2) is 9.20. The molecule has 1 rings (SSSR count). The van der Waals surface area contributed by atoms with Gasteiger partial charge in [-0.2, -0.15) is 0 Å². The van der Waals surface area contributed by atoms with Crippen LogP contribution in [-0.2, 0) is 4.74 Å². The summed E-state index contributed by atoms with van der Waals surface area (Å²) >= 11 is 0. The third-order valence-corrected chi connectivity index (χ3v) is 2.97. The van der Waals surface area contributed by atoms with Gasteiger partial charge >= 0.3 is 0 Å². The summed E-state index contributed by atoms with van der Waals surface area (Å²) in [4.78, 5) is 11.6. The quantitative estimate of drug-likeness (QED) is 0.478. The Morgan fingerprint density at radius 2 is 2.05 bits per heavy atom. The smallest absolute Gasteiger partial charge is 0.251 e. The number of hydrogen-bond acceptors (Lipinski definition) is 4. The van der Waals surface area contributed by atoms with Crippen LogP contribution >= 0.6 is 0 Å². The van der Waals surface area contributed by atoms with Crippen molar-refractivity contribution in [2.75, 3.05) is 37.9 Å². The molecule has 0 fully saturated rings. The van der Waals surface area contributed by atoms with E-state index in [0.29, 0.717) is 11.3 Å².